The fourth-order valence-electron chi connectivity index (χ4n) is 2.32. The molecule has 0 saturated heterocycles. The number of thioether (sulfide) groups is 1. The molecular formula is C16H21ClN4O4S3. The molecule has 0 radical (unpaired) electrons. The summed E-state index contributed by atoms with van der Waals surface area (Å²) in [6.07, 6.45) is 2.02. The van der Waals surface area contributed by atoms with Crippen molar-refractivity contribution >= 4 is 61.4 Å². The number of nitrogens with one attached hydrogen (secondary N) is 1. The fourth-order valence-corrected chi connectivity index (χ4v) is 5.42. The summed E-state index contributed by atoms with van der Waals surface area (Å²) in [4.78, 5) is 12.7. The van der Waals surface area contributed by atoms with Crippen LogP contribution >= 0.6 is 34.7 Å². The normalized spacial score (nSPS) is 12.5. The molecule has 1 atom stereocenters. The van der Waals surface area contributed by atoms with Crippen LogP contribution in [-0.4, -0.2) is 49.7 Å². The number of amides is 1. The van der Waals surface area contributed by atoms with Gasteiger partial charge in [-0.2, -0.15) is 0 Å². The molecule has 1 N–H and O–H groups in total. The second kappa shape index (κ2) is 9.77. The highest BCUT2D eigenvalue weighted by Crippen LogP contribution is 2.32. The summed E-state index contributed by atoms with van der Waals surface area (Å²) >= 11 is 8.91. The quantitative estimate of drug-likeness (QED) is 0.447. The van der Waals surface area contributed by atoms with Crippen LogP contribution in [0.25, 0.3) is 0 Å². The first-order valence-corrected chi connectivity index (χ1v) is 12.3. The molecule has 2 aromatic rings. The van der Waals surface area contributed by atoms with Crippen LogP contribution in [0.5, 0.6) is 5.75 Å². The number of aromatic nitrogens is 2. The minimum atomic E-state index is -3.76. The molecule has 0 bridgehead atoms. The smallest absolute Gasteiger partial charge is 0.249 e. The Bertz CT molecular complexity index is 936. The second-order valence-electron chi connectivity index (χ2n) is 5.76. The third kappa shape index (κ3) is 5.72. The number of rotatable bonds is 9. The molecule has 0 fully saturated rings. The fraction of sp³-hybridized carbons (Fsp3) is 0.438. The van der Waals surface area contributed by atoms with Crippen LogP contribution in [0, 0.1) is 0 Å². The minimum Gasteiger partial charge on any atom is -0.495 e. The molecule has 2 rings (SSSR count). The molecule has 1 aromatic heterocycles. The van der Waals surface area contributed by atoms with E-state index in [4.69, 9.17) is 16.3 Å². The van der Waals surface area contributed by atoms with E-state index in [1.165, 1.54) is 37.5 Å². The molecular weight excluding hydrogens is 444 g/mol. The average molecular weight is 465 g/mol. The van der Waals surface area contributed by atoms with Gasteiger partial charge >= 0.3 is 0 Å². The van der Waals surface area contributed by atoms with Gasteiger partial charge in [-0.25, -0.2) is 8.42 Å². The summed E-state index contributed by atoms with van der Waals surface area (Å²) in [6, 6.07) is 3.48. The number of halogens is 1. The number of carbonyl (C=O) groups excluding carboxylic acids is 1. The molecule has 28 heavy (non-hydrogen) atoms. The van der Waals surface area contributed by atoms with E-state index in [1.807, 2.05) is 0 Å². The average Bonchev–Trinajstić information content (AvgIpc) is 3.06. The van der Waals surface area contributed by atoms with Crippen LogP contribution < -0.4 is 14.4 Å². The van der Waals surface area contributed by atoms with Gasteiger partial charge in [0.15, 0.2) is 4.34 Å². The number of hydrogen-bond acceptors (Lipinski definition) is 8. The Morgan fingerprint density at radius 3 is 2.71 bits per heavy atom. The van der Waals surface area contributed by atoms with E-state index >= 15 is 0 Å². The Labute approximate surface area is 177 Å². The molecule has 0 aliphatic heterocycles. The lowest BCUT2D eigenvalue weighted by molar-refractivity contribution is -0.116. The molecule has 0 saturated carbocycles. The van der Waals surface area contributed by atoms with Crippen LogP contribution in [0.4, 0.5) is 10.8 Å². The van der Waals surface area contributed by atoms with Crippen molar-refractivity contribution in [3.05, 3.63) is 23.2 Å². The van der Waals surface area contributed by atoms with Crippen molar-refractivity contribution in [2.24, 2.45) is 0 Å². The molecule has 0 spiro atoms. The van der Waals surface area contributed by atoms with Crippen LogP contribution in [0.3, 0.4) is 0 Å². The number of ether oxygens (including phenoxy) is 1. The van der Waals surface area contributed by atoms with Gasteiger partial charge in [0.1, 0.15) is 11.8 Å². The van der Waals surface area contributed by atoms with E-state index in [0.717, 1.165) is 27.1 Å². The molecule has 0 aliphatic rings. The summed E-state index contributed by atoms with van der Waals surface area (Å²) < 4.78 is 31.6. The maximum Gasteiger partial charge on any atom is 0.249 e. The maximum absolute atomic E-state index is 12.7. The largest absolute Gasteiger partial charge is 0.495 e. The van der Waals surface area contributed by atoms with Gasteiger partial charge < -0.3 is 4.74 Å². The Morgan fingerprint density at radius 2 is 2.14 bits per heavy atom. The lowest BCUT2D eigenvalue weighted by atomic mass is 10.2. The van der Waals surface area contributed by atoms with E-state index in [0.29, 0.717) is 10.9 Å². The highest BCUT2D eigenvalue weighted by molar-refractivity contribution is 8.01. The first-order chi connectivity index (χ1) is 13.2. The predicted octanol–water partition coefficient (Wildman–Crippen LogP) is 3.50. The van der Waals surface area contributed by atoms with Crippen LogP contribution in [0.15, 0.2) is 22.5 Å². The SMILES string of the molecule is CCCSc1nnc(NC(=O)[C@H](C)N(c2ccc(OC)c(Cl)c2)S(C)(=O)=O)s1. The molecule has 0 aliphatic carbocycles. The van der Waals surface area contributed by atoms with Crippen molar-refractivity contribution in [3.63, 3.8) is 0 Å². The molecule has 154 valence electrons. The van der Waals surface area contributed by atoms with Gasteiger partial charge in [0.05, 0.1) is 24.1 Å². The Morgan fingerprint density at radius 1 is 1.43 bits per heavy atom. The van der Waals surface area contributed by atoms with Crippen molar-refractivity contribution in [3.8, 4) is 5.75 Å². The van der Waals surface area contributed by atoms with Crippen molar-refractivity contribution in [1.82, 2.24) is 10.2 Å². The molecule has 0 unspecified atom stereocenters. The van der Waals surface area contributed by atoms with Crippen molar-refractivity contribution < 1.29 is 17.9 Å². The molecule has 1 amide bonds. The Hall–Kier alpha value is -1.56. The van der Waals surface area contributed by atoms with Crippen LogP contribution in [0.2, 0.25) is 5.02 Å². The van der Waals surface area contributed by atoms with Crippen molar-refractivity contribution in [2.45, 2.75) is 30.6 Å². The minimum absolute atomic E-state index is 0.239. The Kier molecular flexibility index (Phi) is 7.93. The number of hydrogen-bond donors (Lipinski definition) is 1. The van der Waals surface area contributed by atoms with Crippen LogP contribution in [-0.2, 0) is 14.8 Å². The summed E-state index contributed by atoms with van der Waals surface area (Å²) in [5.74, 6) is 0.779. The van der Waals surface area contributed by atoms with Gasteiger partial charge in [-0.1, -0.05) is 41.6 Å². The summed E-state index contributed by atoms with van der Waals surface area (Å²) in [5, 5.41) is 11.1. The summed E-state index contributed by atoms with van der Waals surface area (Å²) in [5.41, 5.74) is 0.257. The highest BCUT2D eigenvalue weighted by Gasteiger charge is 2.30. The lowest BCUT2D eigenvalue weighted by Crippen LogP contribution is -2.45. The lowest BCUT2D eigenvalue weighted by Gasteiger charge is -2.28. The van der Waals surface area contributed by atoms with E-state index in [2.05, 4.69) is 22.4 Å². The van der Waals surface area contributed by atoms with Gasteiger partial charge in [0, 0.05) is 5.75 Å². The first-order valence-electron chi connectivity index (χ1n) is 8.27. The first kappa shape index (κ1) is 22.7. The zero-order valence-electron chi connectivity index (χ0n) is 15.8. The zero-order chi connectivity index (χ0) is 20.9. The van der Waals surface area contributed by atoms with E-state index in [1.54, 1.807) is 17.8 Å². The van der Waals surface area contributed by atoms with Crippen LogP contribution in [0.1, 0.15) is 20.3 Å². The topological polar surface area (TPSA) is 101 Å². The van der Waals surface area contributed by atoms with Gasteiger partial charge in [-0.3, -0.25) is 14.4 Å². The maximum atomic E-state index is 12.7. The monoisotopic (exact) mass is 464 g/mol. The highest BCUT2D eigenvalue weighted by atomic mass is 35.5. The third-order valence-electron chi connectivity index (χ3n) is 3.54. The van der Waals surface area contributed by atoms with Crippen molar-refractivity contribution in [1.29, 1.82) is 0 Å². The third-order valence-corrected chi connectivity index (χ3v) is 7.26. The molecule has 1 heterocycles. The number of nitrogens with zero attached hydrogens (tertiary/aromatic N) is 3. The number of carbonyl (C=O) groups is 1. The van der Waals surface area contributed by atoms with Crippen molar-refractivity contribution in [2.75, 3.05) is 28.7 Å². The van der Waals surface area contributed by atoms with Gasteiger partial charge in [-0.15, -0.1) is 10.2 Å². The summed E-state index contributed by atoms with van der Waals surface area (Å²) in [6.45, 7) is 3.55. The zero-order valence-corrected chi connectivity index (χ0v) is 19.0. The molecule has 8 nitrogen and oxygen atoms in total. The number of sulfonamides is 1. The van der Waals surface area contributed by atoms with E-state index < -0.39 is 22.0 Å². The standard InChI is InChI=1S/C16H21ClN4O4S3/c1-5-8-26-16-20-19-15(27-16)18-14(22)10(2)21(28(4,23)24)11-6-7-13(25-3)12(17)9-11/h6-7,9-10H,5,8H2,1-4H3,(H,18,19,22)/t10-/m0/s1. The molecule has 1 aromatic carbocycles. The summed E-state index contributed by atoms with van der Waals surface area (Å²) in [7, 11) is -2.30. The molecule has 12 heteroatoms. The number of benzene rings is 1. The van der Waals surface area contributed by atoms with E-state index in [9.17, 15) is 13.2 Å². The van der Waals surface area contributed by atoms with E-state index in [-0.39, 0.29) is 10.7 Å². The second-order valence-corrected chi connectivity index (χ2v) is 10.4. The Balaban J connectivity index is 2.23. The number of anilines is 2. The van der Waals surface area contributed by atoms with Gasteiger partial charge in [0.25, 0.3) is 0 Å². The van der Waals surface area contributed by atoms with Gasteiger partial charge in [-0.05, 0) is 31.5 Å². The number of methoxy groups -OCH3 is 1. The predicted molar refractivity (Wildman–Crippen MR) is 114 cm³/mol. The van der Waals surface area contributed by atoms with Gasteiger partial charge in [0.2, 0.25) is 21.1 Å².